The Kier molecular flexibility index (Phi) is 3.02. The van der Waals surface area contributed by atoms with Gasteiger partial charge in [0.25, 0.3) is 0 Å². The predicted octanol–water partition coefficient (Wildman–Crippen LogP) is 0.884. The molecule has 3 nitrogen and oxygen atoms in total. The van der Waals surface area contributed by atoms with Gasteiger partial charge in [0.05, 0.1) is 5.69 Å². The van der Waals surface area contributed by atoms with Crippen molar-refractivity contribution in [1.82, 2.24) is 0 Å². The van der Waals surface area contributed by atoms with Gasteiger partial charge in [-0.3, -0.25) is 0 Å². The van der Waals surface area contributed by atoms with Crippen molar-refractivity contribution in [1.29, 1.82) is 0 Å². The second-order valence-corrected chi connectivity index (χ2v) is 2.42. The van der Waals surface area contributed by atoms with Gasteiger partial charge < -0.3 is 16.2 Å². The van der Waals surface area contributed by atoms with Gasteiger partial charge in [-0.25, -0.2) is 4.39 Å². The SMILES string of the molecule is NCCOc1c(N)ccc(F)c1F. The highest BCUT2D eigenvalue weighted by atomic mass is 19.2. The van der Waals surface area contributed by atoms with Gasteiger partial charge in [-0.1, -0.05) is 0 Å². The number of hydrogen-bond acceptors (Lipinski definition) is 3. The highest BCUT2D eigenvalue weighted by molar-refractivity contribution is 5.53. The molecule has 0 aliphatic rings. The maximum absolute atomic E-state index is 13.0. The lowest BCUT2D eigenvalue weighted by molar-refractivity contribution is 0.306. The maximum Gasteiger partial charge on any atom is 0.202 e. The van der Waals surface area contributed by atoms with Gasteiger partial charge in [0.2, 0.25) is 5.82 Å². The molecule has 0 atom stereocenters. The molecule has 0 radical (unpaired) electrons. The maximum atomic E-state index is 13.0. The van der Waals surface area contributed by atoms with Gasteiger partial charge in [-0.15, -0.1) is 0 Å². The molecular formula is C8H10F2N2O. The fourth-order valence-electron chi connectivity index (χ4n) is 0.855. The molecule has 0 aliphatic carbocycles. The van der Waals surface area contributed by atoms with E-state index in [1.54, 1.807) is 0 Å². The number of nitrogens with two attached hydrogens (primary N) is 2. The lowest BCUT2D eigenvalue weighted by atomic mass is 10.3. The molecule has 0 aromatic heterocycles. The zero-order chi connectivity index (χ0) is 9.84. The minimum atomic E-state index is -1.08. The summed E-state index contributed by atoms with van der Waals surface area (Å²) in [4.78, 5) is 0. The number of ether oxygens (including phenoxy) is 1. The van der Waals surface area contributed by atoms with Crippen LogP contribution in [0.4, 0.5) is 14.5 Å². The summed E-state index contributed by atoms with van der Waals surface area (Å²) >= 11 is 0. The van der Waals surface area contributed by atoms with E-state index >= 15 is 0 Å². The third-order valence-electron chi connectivity index (χ3n) is 1.44. The summed E-state index contributed by atoms with van der Waals surface area (Å²) in [5, 5.41) is 0. The minimum absolute atomic E-state index is 0.0624. The first kappa shape index (κ1) is 9.73. The Labute approximate surface area is 74.3 Å². The molecule has 4 N–H and O–H groups in total. The van der Waals surface area contributed by atoms with E-state index in [1.807, 2.05) is 0 Å². The first-order valence-electron chi connectivity index (χ1n) is 3.73. The van der Waals surface area contributed by atoms with E-state index in [0.717, 1.165) is 6.07 Å². The summed E-state index contributed by atoms with van der Waals surface area (Å²) in [5.74, 6) is -2.33. The number of rotatable bonds is 3. The molecule has 1 rings (SSSR count). The van der Waals surface area contributed by atoms with E-state index < -0.39 is 11.6 Å². The van der Waals surface area contributed by atoms with Crippen LogP contribution in [0.1, 0.15) is 0 Å². The molecule has 1 aromatic carbocycles. The molecule has 0 fully saturated rings. The fraction of sp³-hybridized carbons (Fsp3) is 0.250. The third-order valence-corrected chi connectivity index (χ3v) is 1.44. The Morgan fingerprint density at radius 1 is 1.31 bits per heavy atom. The van der Waals surface area contributed by atoms with Crippen molar-refractivity contribution in [3.05, 3.63) is 23.8 Å². The molecule has 0 aliphatic heterocycles. The van der Waals surface area contributed by atoms with Crippen molar-refractivity contribution < 1.29 is 13.5 Å². The van der Waals surface area contributed by atoms with Gasteiger partial charge >= 0.3 is 0 Å². The molecule has 1 aromatic rings. The second kappa shape index (κ2) is 4.04. The van der Waals surface area contributed by atoms with E-state index in [1.165, 1.54) is 6.07 Å². The molecule has 5 heteroatoms. The Balaban J connectivity index is 2.96. The van der Waals surface area contributed by atoms with Crippen LogP contribution in [0.25, 0.3) is 0 Å². The van der Waals surface area contributed by atoms with Crippen LogP contribution < -0.4 is 16.2 Å². The van der Waals surface area contributed by atoms with Crippen LogP contribution in [0.2, 0.25) is 0 Å². The Morgan fingerprint density at radius 3 is 2.62 bits per heavy atom. The molecule has 0 heterocycles. The fourth-order valence-corrected chi connectivity index (χ4v) is 0.855. The summed E-state index contributed by atoms with van der Waals surface area (Å²) in [7, 11) is 0. The van der Waals surface area contributed by atoms with Crippen molar-refractivity contribution >= 4 is 5.69 Å². The van der Waals surface area contributed by atoms with Crippen LogP contribution in [0, 0.1) is 11.6 Å². The van der Waals surface area contributed by atoms with Crippen LogP contribution >= 0.6 is 0 Å². The molecule has 13 heavy (non-hydrogen) atoms. The van der Waals surface area contributed by atoms with Crippen molar-refractivity contribution in [2.24, 2.45) is 5.73 Å². The van der Waals surface area contributed by atoms with Crippen molar-refractivity contribution in [3.8, 4) is 5.75 Å². The Hall–Kier alpha value is -1.36. The van der Waals surface area contributed by atoms with Gasteiger partial charge in [-0.05, 0) is 12.1 Å². The van der Waals surface area contributed by atoms with Gasteiger partial charge in [-0.2, -0.15) is 4.39 Å². The minimum Gasteiger partial charge on any atom is -0.487 e. The van der Waals surface area contributed by atoms with Crippen LogP contribution in [0.5, 0.6) is 5.75 Å². The standard InChI is InChI=1S/C8H10F2N2O/c9-5-1-2-6(12)8(7(5)10)13-4-3-11/h1-2H,3-4,11-12H2. The first-order chi connectivity index (χ1) is 6.16. The van der Waals surface area contributed by atoms with Crippen LogP contribution in [-0.2, 0) is 0 Å². The van der Waals surface area contributed by atoms with E-state index in [0.29, 0.717) is 0 Å². The first-order valence-corrected chi connectivity index (χ1v) is 3.73. The lowest BCUT2D eigenvalue weighted by Crippen LogP contribution is -2.12. The number of anilines is 1. The predicted molar refractivity (Wildman–Crippen MR) is 45.3 cm³/mol. The third kappa shape index (κ3) is 2.06. The Bertz CT molecular complexity index is 304. The summed E-state index contributed by atoms with van der Waals surface area (Å²) in [5.41, 5.74) is 10.6. The van der Waals surface area contributed by atoms with E-state index in [9.17, 15) is 8.78 Å². The van der Waals surface area contributed by atoms with Gasteiger partial charge in [0.1, 0.15) is 6.61 Å². The average Bonchev–Trinajstić information content (AvgIpc) is 2.12. The van der Waals surface area contributed by atoms with E-state index in [4.69, 9.17) is 16.2 Å². The van der Waals surface area contributed by atoms with Crippen LogP contribution in [0.15, 0.2) is 12.1 Å². The smallest absolute Gasteiger partial charge is 0.202 e. The van der Waals surface area contributed by atoms with Crippen molar-refractivity contribution in [2.45, 2.75) is 0 Å². The topological polar surface area (TPSA) is 61.3 Å². The number of nitrogen functional groups attached to an aromatic ring is 1. The molecule has 0 bridgehead atoms. The lowest BCUT2D eigenvalue weighted by Gasteiger charge is -2.08. The van der Waals surface area contributed by atoms with E-state index in [2.05, 4.69) is 0 Å². The molecule has 72 valence electrons. The van der Waals surface area contributed by atoms with Crippen molar-refractivity contribution in [2.75, 3.05) is 18.9 Å². The molecule has 0 saturated carbocycles. The largest absolute Gasteiger partial charge is 0.487 e. The summed E-state index contributed by atoms with van der Waals surface area (Å²) in [6.45, 7) is 0.319. The van der Waals surface area contributed by atoms with Crippen LogP contribution in [0.3, 0.4) is 0 Å². The zero-order valence-corrected chi connectivity index (χ0v) is 6.89. The highest BCUT2D eigenvalue weighted by Gasteiger charge is 2.12. The number of hydrogen-bond donors (Lipinski definition) is 2. The van der Waals surface area contributed by atoms with Gasteiger partial charge in [0, 0.05) is 6.54 Å². The molecule has 0 unspecified atom stereocenters. The highest BCUT2D eigenvalue weighted by Crippen LogP contribution is 2.26. The van der Waals surface area contributed by atoms with Gasteiger partial charge in [0.15, 0.2) is 11.6 Å². The summed E-state index contributed by atoms with van der Waals surface area (Å²) in [6.07, 6.45) is 0. The quantitative estimate of drug-likeness (QED) is 0.692. The normalized spacial score (nSPS) is 10.1. The Morgan fingerprint density at radius 2 is 2.00 bits per heavy atom. The monoisotopic (exact) mass is 188 g/mol. The molecule has 0 saturated heterocycles. The molecular weight excluding hydrogens is 178 g/mol. The number of benzene rings is 1. The summed E-state index contributed by atoms with van der Waals surface area (Å²) in [6, 6.07) is 2.18. The zero-order valence-electron chi connectivity index (χ0n) is 6.89. The average molecular weight is 188 g/mol. The van der Waals surface area contributed by atoms with E-state index in [-0.39, 0.29) is 24.6 Å². The van der Waals surface area contributed by atoms with Crippen molar-refractivity contribution in [3.63, 3.8) is 0 Å². The second-order valence-electron chi connectivity index (χ2n) is 2.42. The van der Waals surface area contributed by atoms with Crippen LogP contribution in [-0.4, -0.2) is 13.2 Å². The number of halogens is 2. The summed E-state index contributed by atoms with van der Waals surface area (Å²) < 4.78 is 30.4. The molecule has 0 spiro atoms. The molecule has 0 amide bonds.